The Morgan fingerprint density at radius 2 is 1.50 bits per heavy atom. The summed E-state index contributed by atoms with van der Waals surface area (Å²) < 4.78 is 0. The first kappa shape index (κ1) is 21.5. The van der Waals surface area contributed by atoms with Crippen LogP contribution in [0.5, 0.6) is 0 Å². The molecule has 0 radical (unpaired) electrons. The molecule has 0 aromatic rings. The first-order chi connectivity index (χ1) is 14.1. The predicted molar refractivity (Wildman–Crippen MR) is 126 cm³/mol. The number of fused-ring (bicyclic) bond motifs is 3. The molecule has 1 spiro atoms. The van der Waals surface area contributed by atoms with Crippen LogP contribution in [0.3, 0.4) is 0 Å². The summed E-state index contributed by atoms with van der Waals surface area (Å²) in [5.41, 5.74) is 1.77. The van der Waals surface area contributed by atoms with Crippen LogP contribution in [0.1, 0.15) is 99.3 Å². The molecule has 1 nitrogen and oxygen atoms in total. The molecule has 5 aliphatic carbocycles. The predicted octanol–water partition coefficient (Wildman–Crippen LogP) is 7.49. The monoisotopic (exact) mass is 412 g/mol. The van der Waals surface area contributed by atoms with Crippen LogP contribution >= 0.6 is 0 Å². The molecule has 0 unspecified atom stereocenters. The van der Waals surface area contributed by atoms with Gasteiger partial charge >= 0.3 is 0 Å². The van der Waals surface area contributed by atoms with E-state index in [9.17, 15) is 5.11 Å². The Morgan fingerprint density at radius 3 is 2.23 bits per heavy atom. The van der Waals surface area contributed by atoms with Gasteiger partial charge in [0, 0.05) is 0 Å². The second-order valence-electron chi connectivity index (χ2n) is 13.6. The average Bonchev–Trinajstić information content (AvgIpc) is 3.26. The summed E-state index contributed by atoms with van der Waals surface area (Å²) in [5.74, 6) is 6.75. The molecule has 1 heteroatoms. The highest BCUT2D eigenvalue weighted by atomic mass is 16.3. The van der Waals surface area contributed by atoms with E-state index in [4.69, 9.17) is 0 Å². The third kappa shape index (κ3) is 2.89. The summed E-state index contributed by atoms with van der Waals surface area (Å²) in [6.07, 6.45) is 17.4. The molecule has 0 heterocycles. The zero-order valence-electron chi connectivity index (χ0n) is 20.7. The maximum atomic E-state index is 10.4. The standard InChI is InChI=1S/C29H48O/c1-18(2)19(3)7-8-20(4)24-9-10-25-28(24,6)14-12-26-27(5)13-11-23(30)16-21(27)15-22-17-29(22,25)26/h7-8,18-26,30H,9-17H2,1-6H3/b8-7+/t19-,20+,21-,22-,23-,24+,25+,26+,27-,28+,29+/m0/s1. The van der Waals surface area contributed by atoms with Crippen LogP contribution in [0.2, 0.25) is 0 Å². The van der Waals surface area contributed by atoms with E-state index < -0.39 is 0 Å². The summed E-state index contributed by atoms with van der Waals surface area (Å²) in [7, 11) is 0. The normalized spacial score (nSPS) is 54.3. The van der Waals surface area contributed by atoms with Crippen LogP contribution in [0.25, 0.3) is 0 Å². The second kappa shape index (κ2) is 7.10. The number of aliphatic hydroxyl groups is 1. The first-order valence-corrected chi connectivity index (χ1v) is 13.5. The number of rotatable bonds is 4. The molecule has 0 bridgehead atoms. The lowest BCUT2D eigenvalue weighted by molar-refractivity contribution is -0.138. The highest BCUT2D eigenvalue weighted by Gasteiger charge is 2.76. The lowest BCUT2D eigenvalue weighted by atomic mass is 9.43. The quantitative estimate of drug-likeness (QED) is 0.474. The van der Waals surface area contributed by atoms with Gasteiger partial charge in [0.2, 0.25) is 0 Å². The largest absolute Gasteiger partial charge is 0.393 e. The Hall–Kier alpha value is -0.300. The van der Waals surface area contributed by atoms with Crippen LogP contribution in [0, 0.1) is 63.6 Å². The van der Waals surface area contributed by atoms with E-state index in [0.717, 1.165) is 54.3 Å². The van der Waals surface area contributed by atoms with E-state index >= 15 is 0 Å². The minimum atomic E-state index is -0.0140. The fraction of sp³-hybridized carbons (Fsp3) is 0.931. The van der Waals surface area contributed by atoms with Crippen LogP contribution in [0.15, 0.2) is 12.2 Å². The molecule has 0 aromatic heterocycles. The lowest BCUT2D eigenvalue weighted by Gasteiger charge is -2.61. The molecule has 5 aliphatic rings. The van der Waals surface area contributed by atoms with E-state index in [1.54, 1.807) is 0 Å². The van der Waals surface area contributed by atoms with Crippen molar-refractivity contribution < 1.29 is 5.11 Å². The summed E-state index contributed by atoms with van der Waals surface area (Å²) in [6, 6.07) is 0. The van der Waals surface area contributed by atoms with Gasteiger partial charge in [0.25, 0.3) is 0 Å². The Bertz CT molecular complexity index is 694. The summed E-state index contributed by atoms with van der Waals surface area (Å²) >= 11 is 0. The first-order valence-electron chi connectivity index (χ1n) is 13.5. The third-order valence-electron chi connectivity index (χ3n) is 12.2. The zero-order chi connectivity index (χ0) is 21.5. The van der Waals surface area contributed by atoms with Gasteiger partial charge < -0.3 is 5.11 Å². The van der Waals surface area contributed by atoms with Gasteiger partial charge in [-0.3, -0.25) is 0 Å². The SMILES string of the molecule is CC(C)[C@@H](C)/C=C/[C@@H](C)[C@H]1CC[C@@H]2[C@]1(C)CC[C@@H]1[C@@]3(C)CC[C@H](O)C[C@@H]3C[C@H]3C[C@]312. The van der Waals surface area contributed by atoms with Gasteiger partial charge in [-0.2, -0.15) is 0 Å². The Labute approximate surface area is 186 Å². The lowest BCUT2D eigenvalue weighted by Crippen LogP contribution is -2.55. The Kier molecular flexibility index (Phi) is 5.10. The summed E-state index contributed by atoms with van der Waals surface area (Å²) in [5, 5.41) is 10.4. The van der Waals surface area contributed by atoms with E-state index in [-0.39, 0.29) is 6.10 Å². The van der Waals surface area contributed by atoms with Crippen molar-refractivity contribution in [1.82, 2.24) is 0 Å². The van der Waals surface area contributed by atoms with Crippen molar-refractivity contribution in [3.8, 4) is 0 Å². The van der Waals surface area contributed by atoms with Crippen LogP contribution in [-0.2, 0) is 0 Å². The molecular weight excluding hydrogens is 364 g/mol. The maximum absolute atomic E-state index is 10.4. The highest BCUT2D eigenvalue weighted by Crippen LogP contribution is 2.83. The van der Waals surface area contributed by atoms with Gasteiger partial charge in [-0.25, -0.2) is 0 Å². The molecule has 0 aromatic carbocycles. The molecule has 30 heavy (non-hydrogen) atoms. The molecule has 0 saturated heterocycles. The van der Waals surface area contributed by atoms with Crippen molar-refractivity contribution in [1.29, 1.82) is 0 Å². The number of aliphatic hydroxyl groups excluding tert-OH is 1. The number of hydrogen-bond acceptors (Lipinski definition) is 1. The van der Waals surface area contributed by atoms with Crippen LogP contribution < -0.4 is 0 Å². The van der Waals surface area contributed by atoms with Gasteiger partial charge in [0.05, 0.1) is 6.10 Å². The molecule has 170 valence electrons. The van der Waals surface area contributed by atoms with E-state index in [1.165, 1.54) is 44.9 Å². The van der Waals surface area contributed by atoms with Gasteiger partial charge in [-0.15, -0.1) is 0 Å². The zero-order valence-corrected chi connectivity index (χ0v) is 20.7. The van der Waals surface area contributed by atoms with Crippen molar-refractivity contribution in [2.75, 3.05) is 0 Å². The van der Waals surface area contributed by atoms with Crippen molar-refractivity contribution in [3.63, 3.8) is 0 Å². The second-order valence-corrected chi connectivity index (χ2v) is 13.6. The van der Waals surface area contributed by atoms with Crippen molar-refractivity contribution in [3.05, 3.63) is 12.2 Å². The topological polar surface area (TPSA) is 20.2 Å². The Morgan fingerprint density at radius 1 is 0.800 bits per heavy atom. The van der Waals surface area contributed by atoms with Gasteiger partial charge in [0.1, 0.15) is 0 Å². The molecular formula is C29H48O. The number of allylic oxidation sites excluding steroid dienone is 2. The van der Waals surface area contributed by atoms with Gasteiger partial charge in [-0.05, 0) is 121 Å². The highest BCUT2D eigenvalue weighted by molar-refractivity contribution is 5.24. The van der Waals surface area contributed by atoms with Crippen molar-refractivity contribution in [2.45, 2.75) is 105 Å². The fourth-order valence-corrected chi connectivity index (χ4v) is 10.1. The van der Waals surface area contributed by atoms with Gasteiger partial charge in [0.15, 0.2) is 0 Å². The number of hydrogen-bond donors (Lipinski definition) is 1. The van der Waals surface area contributed by atoms with Crippen LogP contribution in [-0.4, -0.2) is 11.2 Å². The summed E-state index contributed by atoms with van der Waals surface area (Å²) in [4.78, 5) is 0. The minimum absolute atomic E-state index is 0.0140. The maximum Gasteiger partial charge on any atom is 0.0543 e. The smallest absolute Gasteiger partial charge is 0.0543 e. The molecule has 5 saturated carbocycles. The summed E-state index contributed by atoms with van der Waals surface area (Å²) in [6.45, 7) is 15.0. The molecule has 5 fully saturated rings. The molecule has 0 aliphatic heterocycles. The molecule has 5 rings (SSSR count). The van der Waals surface area contributed by atoms with E-state index in [1.807, 2.05) is 0 Å². The average molecular weight is 413 g/mol. The van der Waals surface area contributed by atoms with E-state index in [2.05, 4.69) is 53.7 Å². The van der Waals surface area contributed by atoms with Crippen LogP contribution in [0.4, 0.5) is 0 Å². The molecule has 1 N–H and O–H groups in total. The Balaban J connectivity index is 1.38. The van der Waals surface area contributed by atoms with Gasteiger partial charge in [-0.1, -0.05) is 53.7 Å². The third-order valence-corrected chi connectivity index (χ3v) is 12.2. The minimum Gasteiger partial charge on any atom is -0.393 e. The fourth-order valence-electron chi connectivity index (χ4n) is 10.1. The van der Waals surface area contributed by atoms with Crippen molar-refractivity contribution in [2.24, 2.45) is 63.6 Å². The molecule has 0 amide bonds. The molecule has 11 atom stereocenters. The van der Waals surface area contributed by atoms with Crippen molar-refractivity contribution >= 4 is 0 Å². The van der Waals surface area contributed by atoms with E-state index in [0.29, 0.717) is 22.2 Å².